The highest BCUT2D eigenvalue weighted by molar-refractivity contribution is 7.79. The Morgan fingerprint density at radius 2 is 1.57 bits per heavy atom. The van der Waals surface area contributed by atoms with Gasteiger partial charge in [-0.1, -0.05) is 13.8 Å². The molecule has 0 bridgehead atoms. The highest BCUT2D eigenvalue weighted by Crippen LogP contribution is 1.92. The van der Waals surface area contributed by atoms with Crippen LogP contribution in [0.5, 0.6) is 0 Å². The van der Waals surface area contributed by atoms with Gasteiger partial charge in [0, 0.05) is 12.6 Å². The fraction of sp³-hybridized carbons (Fsp3) is 1.00. The quantitative estimate of drug-likeness (QED) is 0.600. The maximum Gasteiger partial charge on any atom is 0.394 e. The Bertz CT molecular complexity index is 196. The Morgan fingerprint density at radius 3 is 1.79 bits per heavy atom. The lowest BCUT2D eigenvalue weighted by atomic mass is 10.2. The van der Waals surface area contributed by atoms with E-state index < -0.39 is 10.4 Å². The molecule has 0 aliphatic carbocycles. The van der Waals surface area contributed by atoms with Crippen LogP contribution in [0, 0.1) is 5.92 Å². The van der Waals surface area contributed by atoms with Crippen LogP contribution in [0.15, 0.2) is 0 Å². The second-order valence-corrected chi connectivity index (χ2v) is 4.25. The molecule has 4 N–H and O–H groups in total. The lowest BCUT2D eigenvalue weighted by Gasteiger charge is -2.08. The van der Waals surface area contributed by atoms with Crippen molar-refractivity contribution in [3.63, 3.8) is 0 Å². The van der Waals surface area contributed by atoms with Crippen molar-refractivity contribution in [2.45, 2.75) is 26.8 Å². The van der Waals surface area contributed by atoms with Crippen molar-refractivity contribution in [3.8, 4) is 0 Å². The molecule has 0 fully saturated rings. The van der Waals surface area contributed by atoms with Gasteiger partial charge in [0.05, 0.1) is 6.61 Å². The average Bonchev–Trinajstić information content (AvgIpc) is 1.80. The average molecular weight is 229 g/mol. The first kappa shape index (κ1) is 16.2. The lowest BCUT2D eigenvalue weighted by molar-refractivity contribution is 0.101. The second-order valence-electron chi connectivity index (χ2n) is 3.36. The molecule has 1 unspecified atom stereocenters. The molecule has 0 aromatic carbocycles. The largest absolute Gasteiger partial charge is 0.394 e. The molecule has 0 aliphatic rings. The summed E-state index contributed by atoms with van der Waals surface area (Å²) in [7, 11) is -4.67. The minimum atomic E-state index is -4.67. The summed E-state index contributed by atoms with van der Waals surface area (Å²) in [6.45, 7) is 7.70. The van der Waals surface area contributed by atoms with Crippen LogP contribution < -0.4 is 5.73 Å². The Kier molecular flexibility index (Phi) is 9.42. The number of rotatable bonds is 4. The number of hydrogen-bond acceptors (Lipinski definition) is 4. The molecule has 0 rings (SSSR count). The third-order valence-corrected chi connectivity index (χ3v) is 0.832. The van der Waals surface area contributed by atoms with Gasteiger partial charge in [-0.3, -0.25) is 9.11 Å². The Morgan fingerprint density at radius 1 is 1.21 bits per heavy atom. The second kappa shape index (κ2) is 8.13. The van der Waals surface area contributed by atoms with Gasteiger partial charge in [0.15, 0.2) is 0 Å². The zero-order chi connectivity index (χ0) is 11.8. The smallest absolute Gasteiger partial charge is 0.380 e. The maximum atomic E-state index is 8.74. The summed E-state index contributed by atoms with van der Waals surface area (Å²) in [5.74, 6) is 0.615. The van der Waals surface area contributed by atoms with E-state index in [9.17, 15) is 0 Å². The fourth-order valence-corrected chi connectivity index (χ4v) is 0.490. The summed E-state index contributed by atoms with van der Waals surface area (Å²) in [6, 6.07) is 0.170. The first-order valence-corrected chi connectivity index (χ1v) is 5.55. The molecule has 0 amide bonds. The normalized spacial score (nSPS) is 13.4. The molecule has 0 saturated carbocycles. The molecular formula is C7H19NO5S. The van der Waals surface area contributed by atoms with Crippen molar-refractivity contribution < 1.29 is 22.3 Å². The van der Waals surface area contributed by atoms with Gasteiger partial charge < -0.3 is 10.5 Å². The summed E-state index contributed by atoms with van der Waals surface area (Å²) in [4.78, 5) is 0. The summed E-state index contributed by atoms with van der Waals surface area (Å²) < 4.78 is 36.8. The van der Waals surface area contributed by atoms with E-state index in [0.717, 1.165) is 6.61 Å². The predicted molar refractivity (Wildman–Crippen MR) is 53.5 cm³/mol. The van der Waals surface area contributed by atoms with E-state index in [1.807, 2.05) is 6.92 Å². The first-order valence-electron chi connectivity index (χ1n) is 4.16. The SMILES string of the molecule is CC(C)COCC(C)N.O=S(=O)(O)O. The van der Waals surface area contributed by atoms with Crippen LogP contribution in [-0.2, 0) is 15.1 Å². The van der Waals surface area contributed by atoms with Gasteiger partial charge in [-0.2, -0.15) is 8.42 Å². The Hall–Kier alpha value is -0.210. The van der Waals surface area contributed by atoms with E-state index in [0.29, 0.717) is 12.5 Å². The van der Waals surface area contributed by atoms with Crippen molar-refractivity contribution in [1.29, 1.82) is 0 Å². The molecule has 6 nitrogen and oxygen atoms in total. The standard InChI is InChI=1S/C7H17NO.H2O4S/c1-6(2)4-9-5-7(3)8;1-5(2,3)4/h6-7H,4-5,8H2,1-3H3;(H2,1,2,3,4). The van der Waals surface area contributed by atoms with E-state index in [-0.39, 0.29) is 6.04 Å². The minimum absolute atomic E-state index is 0.170. The van der Waals surface area contributed by atoms with Crippen LogP contribution in [0.3, 0.4) is 0 Å². The molecule has 0 aromatic rings. The van der Waals surface area contributed by atoms with Crippen LogP contribution in [0.25, 0.3) is 0 Å². The van der Waals surface area contributed by atoms with Crippen LogP contribution >= 0.6 is 0 Å². The van der Waals surface area contributed by atoms with Crippen LogP contribution in [0.1, 0.15) is 20.8 Å². The number of ether oxygens (including phenoxy) is 1. The van der Waals surface area contributed by atoms with Gasteiger partial charge >= 0.3 is 10.4 Å². The van der Waals surface area contributed by atoms with E-state index in [1.165, 1.54) is 0 Å². The zero-order valence-corrected chi connectivity index (χ0v) is 9.49. The van der Waals surface area contributed by atoms with E-state index in [4.69, 9.17) is 28.0 Å². The summed E-state index contributed by atoms with van der Waals surface area (Å²) in [6.07, 6.45) is 0. The summed E-state index contributed by atoms with van der Waals surface area (Å²) in [5, 5.41) is 0. The molecule has 0 spiro atoms. The highest BCUT2D eigenvalue weighted by Gasteiger charge is 1.95. The molecule has 0 aliphatic heterocycles. The molecule has 0 saturated heterocycles. The molecule has 88 valence electrons. The van der Waals surface area contributed by atoms with Crippen molar-refractivity contribution >= 4 is 10.4 Å². The molecular weight excluding hydrogens is 210 g/mol. The van der Waals surface area contributed by atoms with E-state index in [1.54, 1.807) is 0 Å². The van der Waals surface area contributed by atoms with Crippen molar-refractivity contribution in [2.24, 2.45) is 11.7 Å². The van der Waals surface area contributed by atoms with Gasteiger partial charge in [-0.15, -0.1) is 0 Å². The van der Waals surface area contributed by atoms with Crippen LogP contribution in [0.4, 0.5) is 0 Å². The molecule has 7 heteroatoms. The lowest BCUT2D eigenvalue weighted by Crippen LogP contribution is -2.22. The van der Waals surface area contributed by atoms with E-state index in [2.05, 4.69) is 13.8 Å². The van der Waals surface area contributed by atoms with Gasteiger partial charge in [0.2, 0.25) is 0 Å². The van der Waals surface area contributed by atoms with Gasteiger partial charge in [0.1, 0.15) is 0 Å². The molecule has 0 aromatic heterocycles. The molecule has 0 heterocycles. The zero-order valence-electron chi connectivity index (χ0n) is 8.67. The Labute approximate surface area is 85.0 Å². The first-order chi connectivity index (χ1) is 6.13. The Balaban J connectivity index is 0. The third-order valence-electron chi connectivity index (χ3n) is 0.832. The fourth-order valence-electron chi connectivity index (χ4n) is 0.490. The van der Waals surface area contributed by atoms with Gasteiger partial charge in [-0.05, 0) is 12.8 Å². The van der Waals surface area contributed by atoms with Crippen LogP contribution in [0.2, 0.25) is 0 Å². The van der Waals surface area contributed by atoms with Crippen molar-refractivity contribution in [3.05, 3.63) is 0 Å². The number of nitrogens with two attached hydrogens (primary N) is 1. The number of hydrogen-bond donors (Lipinski definition) is 3. The van der Waals surface area contributed by atoms with Gasteiger partial charge in [-0.25, -0.2) is 0 Å². The summed E-state index contributed by atoms with van der Waals surface area (Å²) in [5.41, 5.74) is 5.45. The van der Waals surface area contributed by atoms with Crippen molar-refractivity contribution in [2.75, 3.05) is 13.2 Å². The van der Waals surface area contributed by atoms with Crippen molar-refractivity contribution in [1.82, 2.24) is 0 Å². The van der Waals surface area contributed by atoms with Gasteiger partial charge in [0.25, 0.3) is 0 Å². The molecule has 0 radical (unpaired) electrons. The molecule has 1 atom stereocenters. The topological polar surface area (TPSA) is 110 Å². The molecule has 14 heavy (non-hydrogen) atoms. The monoisotopic (exact) mass is 229 g/mol. The van der Waals surface area contributed by atoms with E-state index >= 15 is 0 Å². The predicted octanol–water partition coefficient (Wildman–Crippen LogP) is 0.353. The highest BCUT2D eigenvalue weighted by atomic mass is 32.3. The van der Waals surface area contributed by atoms with Crippen LogP contribution in [-0.4, -0.2) is 36.8 Å². The minimum Gasteiger partial charge on any atom is -0.380 e. The maximum absolute atomic E-state index is 8.74. The summed E-state index contributed by atoms with van der Waals surface area (Å²) >= 11 is 0. The third kappa shape index (κ3) is 40.9.